The van der Waals surface area contributed by atoms with Gasteiger partial charge in [0.2, 0.25) is 0 Å². The highest BCUT2D eigenvalue weighted by molar-refractivity contribution is 6.00. The smallest absolute Gasteiger partial charge is 0.128 e. The standard InChI is InChI=1S/C13H19N3/c1-16(2)10-9-15-13-12-6-4-3-5-11(12)7-8-14-13/h3-6H,7-10H2,1-2H3,(H,14,15). The number of aliphatic imine (C=N–C) groups is 1. The monoisotopic (exact) mass is 217 g/mol. The zero-order valence-corrected chi connectivity index (χ0v) is 10.0. The lowest BCUT2D eigenvalue weighted by Crippen LogP contribution is -2.34. The van der Waals surface area contributed by atoms with E-state index in [1.165, 1.54) is 11.1 Å². The molecule has 1 aliphatic rings. The van der Waals surface area contributed by atoms with E-state index in [0.29, 0.717) is 0 Å². The fourth-order valence-electron chi connectivity index (χ4n) is 1.89. The summed E-state index contributed by atoms with van der Waals surface area (Å²) in [6.07, 6.45) is 1.06. The van der Waals surface area contributed by atoms with Crippen molar-refractivity contribution < 1.29 is 0 Å². The Kier molecular flexibility index (Phi) is 3.57. The van der Waals surface area contributed by atoms with E-state index in [0.717, 1.165) is 31.9 Å². The Labute approximate surface area is 97.2 Å². The van der Waals surface area contributed by atoms with Gasteiger partial charge < -0.3 is 10.2 Å². The molecule has 1 aromatic carbocycles. The van der Waals surface area contributed by atoms with Crippen LogP contribution in [0.1, 0.15) is 11.1 Å². The second-order valence-electron chi connectivity index (χ2n) is 4.37. The molecule has 2 rings (SSSR count). The van der Waals surface area contributed by atoms with E-state index in [1.54, 1.807) is 0 Å². The first-order valence-corrected chi connectivity index (χ1v) is 5.78. The Morgan fingerprint density at radius 1 is 1.31 bits per heavy atom. The van der Waals surface area contributed by atoms with E-state index >= 15 is 0 Å². The predicted molar refractivity (Wildman–Crippen MR) is 68.1 cm³/mol. The van der Waals surface area contributed by atoms with E-state index in [4.69, 9.17) is 0 Å². The third-order valence-electron chi connectivity index (χ3n) is 2.78. The molecule has 0 saturated carbocycles. The first kappa shape index (κ1) is 11.1. The number of fused-ring (bicyclic) bond motifs is 1. The number of amidine groups is 1. The van der Waals surface area contributed by atoms with Crippen molar-refractivity contribution in [2.75, 3.05) is 33.7 Å². The summed E-state index contributed by atoms with van der Waals surface area (Å²) in [7, 11) is 4.16. The highest BCUT2D eigenvalue weighted by Crippen LogP contribution is 2.14. The highest BCUT2D eigenvalue weighted by Gasteiger charge is 2.12. The average molecular weight is 217 g/mol. The maximum Gasteiger partial charge on any atom is 0.128 e. The molecule has 0 bridgehead atoms. The number of nitrogens with one attached hydrogen (secondary N) is 1. The van der Waals surface area contributed by atoms with E-state index in [9.17, 15) is 0 Å². The lowest BCUT2D eigenvalue weighted by Gasteiger charge is -2.19. The molecule has 1 aromatic rings. The molecule has 3 nitrogen and oxygen atoms in total. The van der Waals surface area contributed by atoms with Crippen molar-refractivity contribution >= 4 is 5.84 Å². The molecule has 1 heterocycles. The highest BCUT2D eigenvalue weighted by atomic mass is 15.1. The van der Waals surface area contributed by atoms with E-state index < -0.39 is 0 Å². The fourth-order valence-corrected chi connectivity index (χ4v) is 1.89. The van der Waals surface area contributed by atoms with Crippen molar-refractivity contribution in [2.24, 2.45) is 4.99 Å². The summed E-state index contributed by atoms with van der Waals surface area (Å²) in [5, 5.41) is 3.42. The summed E-state index contributed by atoms with van der Waals surface area (Å²) < 4.78 is 0. The first-order valence-electron chi connectivity index (χ1n) is 5.78. The van der Waals surface area contributed by atoms with E-state index in [1.807, 2.05) is 0 Å². The van der Waals surface area contributed by atoms with Gasteiger partial charge in [-0.15, -0.1) is 0 Å². The van der Waals surface area contributed by atoms with Gasteiger partial charge >= 0.3 is 0 Å². The van der Waals surface area contributed by atoms with Gasteiger partial charge in [0.15, 0.2) is 0 Å². The first-order chi connectivity index (χ1) is 7.77. The molecular formula is C13H19N3. The molecule has 0 amide bonds. The molecular weight excluding hydrogens is 198 g/mol. The molecule has 0 spiro atoms. The van der Waals surface area contributed by atoms with Gasteiger partial charge in [-0.2, -0.15) is 0 Å². The van der Waals surface area contributed by atoms with Gasteiger partial charge in [0.05, 0.1) is 0 Å². The van der Waals surface area contributed by atoms with Gasteiger partial charge in [-0.05, 0) is 26.1 Å². The Hall–Kier alpha value is -1.35. The van der Waals surface area contributed by atoms with Crippen LogP contribution in [0.3, 0.4) is 0 Å². The zero-order chi connectivity index (χ0) is 11.4. The van der Waals surface area contributed by atoms with Crippen LogP contribution in [0.4, 0.5) is 0 Å². The van der Waals surface area contributed by atoms with Crippen LogP contribution in [0.2, 0.25) is 0 Å². The lowest BCUT2D eigenvalue weighted by atomic mass is 10.0. The summed E-state index contributed by atoms with van der Waals surface area (Å²) in [4.78, 5) is 6.72. The predicted octanol–water partition coefficient (Wildman–Crippen LogP) is 1.14. The van der Waals surface area contributed by atoms with Crippen LogP contribution < -0.4 is 5.32 Å². The fraction of sp³-hybridized carbons (Fsp3) is 0.462. The van der Waals surface area contributed by atoms with Gasteiger partial charge in [-0.1, -0.05) is 24.3 Å². The van der Waals surface area contributed by atoms with Crippen LogP contribution in [0.15, 0.2) is 29.3 Å². The average Bonchev–Trinajstić information content (AvgIpc) is 2.29. The van der Waals surface area contributed by atoms with Crippen LogP contribution >= 0.6 is 0 Å². The Balaban J connectivity index is 2.02. The van der Waals surface area contributed by atoms with Crippen LogP contribution in [0.25, 0.3) is 0 Å². The zero-order valence-electron chi connectivity index (χ0n) is 10.0. The van der Waals surface area contributed by atoms with E-state index in [-0.39, 0.29) is 0 Å². The van der Waals surface area contributed by atoms with Crippen molar-refractivity contribution in [3.63, 3.8) is 0 Å². The van der Waals surface area contributed by atoms with Crippen LogP contribution in [-0.4, -0.2) is 44.5 Å². The number of hydrogen-bond donors (Lipinski definition) is 1. The lowest BCUT2D eigenvalue weighted by molar-refractivity contribution is 0.412. The molecule has 0 atom stereocenters. The molecule has 0 unspecified atom stereocenters. The number of hydrogen-bond acceptors (Lipinski definition) is 3. The van der Waals surface area contributed by atoms with Crippen molar-refractivity contribution in [1.29, 1.82) is 0 Å². The van der Waals surface area contributed by atoms with Crippen LogP contribution in [0.5, 0.6) is 0 Å². The van der Waals surface area contributed by atoms with E-state index in [2.05, 4.69) is 53.6 Å². The van der Waals surface area contributed by atoms with Crippen molar-refractivity contribution in [1.82, 2.24) is 10.2 Å². The minimum absolute atomic E-state index is 0.904. The van der Waals surface area contributed by atoms with Gasteiger partial charge in [0.1, 0.15) is 5.84 Å². The molecule has 86 valence electrons. The normalized spacial score (nSPS) is 14.6. The second-order valence-corrected chi connectivity index (χ2v) is 4.37. The van der Waals surface area contributed by atoms with Gasteiger partial charge in [-0.3, -0.25) is 4.99 Å². The number of likely N-dealkylation sites (N-methyl/N-ethyl adjacent to an activating group) is 1. The van der Waals surface area contributed by atoms with Gasteiger partial charge in [0, 0.05) is 25.2 Å². The Bertz CT molecular complexity index is 383. The molecule has 0 fully saturated rings. The Morgan fingerprint density at radius 2 is 2.12 bits per heavy atom. The quantitative estimate of drug-likeness (QED) is 0.822. The van der Waals surface area contributed by atoms with Crippen molar-refractivity contribution in [2.45, 2.75) is 6.42 Å². The molecule has 0 aromatic heterocycles. The van der Waals surface area contributed by atoms with Crippen molar-refractivity contribution in [3.05, 3.63) is 35.4 Å². The third kappa shape index (κ3) is 2.61. The minimum atomic E-state index is 0.904. The van der Waals surface area contributed by atoms with Gasteiger partial charge in [0.25, 0.3) is 0 Å². The number of benzene rings is 1. The van der Waals surface area contributed by atoms with Crippen LogP contribution in [-0.2, 0) is 6.42 Å². The largest absolute Gasteiger partial charge is 0.369 e. The van der Waals surface area contributed by atoms with Crippen LogP contribution in [0, 0.1) is 0 Å². The minimum Gasteiger partial charge on any atom is -0.369 e. The topological polar surface area (TPSA) is 27.6 Å². The maximum absolute atomic E-state index is 4.55. The molecule has 1 aliphatic heterocycles. The Morgan fingerprint density at radius 3 is 2.94 bits per heavy atom. The van der Waals surface area contributed by atoms with Crippen molar-refractivity contribution in [3.8, 4) is 0 Å². The number of rotatable bonds is 3. The molecule has 3 heteroatoms. The molecule has 0 aliphatic carbocycles. The number of nitrogens with zero attached hydrogens (tertiary/aromatic N) is 2. The summed E-state index contributed by atoms with van der Waals surface area (Å²) in [5.74, 6) is 1.06. The summed E-state index contributed by atoms with van der Waals surface area (Å²) in [5.41, 5.74) is 2.68. The summed E-state index contributed by atoms with van der Waals surface area (Å²) in [6, 6.07) is 8.52. The SMILES string of the molecule is CN(C)CCNC1=NCCc2ccccc21. The third-order valence-corrected chi connectivity index (χ3v) is 2.78. The second kappa shape index (κ2) is 5.12. The molecule has 16 heavy (non-hydrogen) atoms. The maximum atomic E-state index is 4.55. The molecule has 1 N–H and O–H groups in total. The molecule has 0 saturated heterocycles. The summed E-state index contributed by atoms with van der Waals surface area (Å²) >= 11 is 0. The molecule has 0 radical (unpaired) electrons. The van der Waals surface area contributed by atoms with Gasteiger partial charge in [-0.25, -0.2) is 0 Å². The summed E-state index contributed by atoms with van der Waals surface area (Å²) in [6.45, 7) is 2.88.